The zero-order valence-electron chi connectivity index (χ0n) is 8.44. The van der Waals surface area contributed by atoms with E-state index in [4.69, 9.17) is 9.47 Å². The summed E-state index contributed by atoms with van der Waals surface area (Å²) in [5.74, 6) is 2.04. The molecule has 1 aromatic rings. The Balaban J connectivity index is 1.75. The van der Waals surface area contributed by atoms with Crippen LogP contribution < -0.4 is 4.74 Å². The molecule has 0 bridgehead atoms. The van der Waals surface area contributed by atoms with Gasteiger partial charge in [-0.3, -0.25) is 0 Å². The van der Waals surface area contributed by atoms with Crippen molar-refractivity contribution in [1.82, 2.24) is 4.90 Å². The Kier molecular flexibility index (Phi) is 2.38. The lowest BCUT2D eigenvalue weighted by molar-refractivity contribution is 0.0340. The molecular weight excluding hydrogens is 210 g/mol. The minimum Gasteiger partial charge on any atom is -0.440 e. The van der Waals surface area contributed by atoms with E-state index in [0.29, 0.717) is 0 Å². The topological polar surface area (TPSA) is 21.7 Å². The summed E-state index contributed by atoms with van der Waals surface area (Å²) in [6, 6.07) is 2.05. The summed E-state index contributed by atoms with van der Waals surface area (Å²) >= 11 is 1.76. The number of rotatable bonds is 1. The van der Waals surface area contributed by atoms with Crippen LogP contribution in [0.5, 0.6) is 5.75 Å². The first-order chi connectivity index (χ1) is 7.43. The third-order valence-corrected chi connectivity index (χ3v) is 3.63. The van der Waals surface area contributed by atoms with Crippen LogP contribution in [-0.4, -0.2) is 31.2 Å². The summed E-state index contributed by atoms with van der Waals surface area (Å²) in [7, 11) is 0. The molecule has 2 aliphatic rings. The second-order valence-electron chi connectivity index (χ2n) is 3.66. The van der Waals surface area contributed by atoms with Crippen LogP contribution in [0.15, 0.2) is 23.4 Å². The molecule has 4 heteroatoms. The van der Waals surface area contributed by atoms with Crippen molar-refractivity contribution in [2.45, 2.75) is 6.42 Å². The van der Waals surface area contributed by atoms with Gasteiger partial charge in [-0.15, -0.1) is 11.3 Å². The van der Waals surface area contributed by atoms with Gasteiger partial charge in [0.15, 0.2) is 5.88 Å². The second-order valence-corrected chi connectivity index (χ2v) is 4.66. The Labute approximate surface area is 92.9 Å². The third-order valence-electron chi connectivity index (χ3n) is 2.70. The lowest BCUT2D eigenvalue weighted by Crippen LogP contribution is -2.37. The van der Waals surface area contributed by atoms with E-state index in [2.05, 4.69) is 16.4 Å². The lowest BCUT2D eigenvalue weighted by Gasteiger charge is -2.31. The summed E-state index contributed by atoms with van der Waals surface area (Å²) in [6.07, 6.45) is 3.17. The van der Waals surface area contributed by atoms with Crippen LogP contribution in [0.4, 0.5) is 0 Å². The second kappa shape index (κ2) is 3.87. The van der Waals surface area contributed by atoms with E-state index in [9.17, 15) is 0 Å². The van der Waals surface area contributed by atoms with E-state index in [1.807, 2.05) is 6.07 Å². The zero-order chi connectivity index (χ0) is 10.1. The fourth-order valence-corrected chi connectivity index (χ4v) is 2.64. The number of allylic oxidation sites excluding steroid dienone is 1. The average Bonchev–Trinajstić information content (AvgIpc) is 2.77. The number of fused-ring (bicyclic) bond motifs is 1. The van der Waals surface area contributed by atoms with Gasteiger partial charge in [0.1, 0.15) is 5.75 Å². The van der Waals surface area contributed by atoms with Crippen LogP contribution >= 0.6 is 11.3 Å². The quantitative estimate of drug-likeness (QED) is 0.725. The number of nitrogens with zero attached hydrogens (tertiary/aromatic N) is 1. The van der Waals surface area contributed by atoms with Crippen molar-refractivity contribution < 1.29 is 9.47 Å². The van der Waals surface area contributed by atoms with Crippen molar-refractivity contribution in [3.05, 3.63) is 28.3 Å². The number of thiophene rings is 1. The van der Waals surface area contributed by atoms with Crippen molar-refractivity contribution in [3.8, 4) is 5.75 Å². The maximum atomic E-state index is 5.85. The van der Waals surface area contributed by atoms with Gasteiger partial charge in [-0.05, 0) is 17.5 Å². The van der Waals surface area contributed by atoms with Crippen molar-refractivity contribution in [1.29, 1.82) is 0 Å². The number of morpholine rings is 1. The van der Waals surface area contributed by atoms with Gasteiger partial charge in [0, 0.05) is 19.5 Å². The number of hydrogen-bond acceptors (Lipinski definition) is 4. The molecule has 0 N–H and O–H groups in total. The summed E-state index contributed by atoms with van der Waals surface area (Å²) in [4.78, 5) is 3.58. The summed E-state index contributed by atoms with van der Waals surface area (Å²) < 4.78 is 11.2. The minimum atomic E-state index is 0.803. The Morgan fingerprint density at radius 2 is 2.13 bits per heavy atom. The lowest BCUT2D eigenvalue weighted by atomic mass is 10.2. The van der Waals surface area contributed by atoms with Crippen LogP contribution in [-0.2, 0) is 11.2 Å². The normalized spacial score (nSPS) is 20.5. The third kappa shape index (κ3) is 1.75. The van der Waals surface area contributed by atoms with Crippen molar-refractivity contribution in [3.63, 3.8) is 0 Å². The molecule has 0 aliphatic carbocycles. The van der Waals surface area contributed by atoms with Gasteiger partial charge in [-0.2, -0.15) is 0 Å². The summed E-state index contributed by atoms with van der Waals surface area (Å²) in [5, 5.41) is 2.08. The highest BCUT2D eigenvalue weighted by atomic mass is 32.1. The van der Waals surface area contributed by atoms with Gasteiger partial charge >= 0.3 is 0 Å². The van der Waals surface area contributed by atoms with E-state index in [0.717, 1.165) is 44.4 Å². The Hall–Kier alpha value is -1.000. The Morgan fingerprint density at radius 1 is 1.27 bits per heavy atom. The first-order valence-corrected chi connectivity index (χ1v) is 6.08. The molecule has 80 valence electrons. The molecular formula is C11H13NO2S. The van der Waals surface area contributed by atoms with E-state index < -0.39 is 0 Å². The van der Waals surface area contributed by atoms with Crippen LogP contribution in [0, 0.1) is 0 Å². The van der Waals surface area contributed by atoms with Gasteiger partial charge in [-0.1, -0.05) is 0 Å². The molecule has 0 radical (unpaired) electrons. The minimum absolute atomic E-state index is 0.803. The van der Waals surface area contributed by atoms with E-state index in [-0.39, 0.29) is 0 Å². The van der Waals surface area contributed by atoms with Gasteiger partial charge < -0.3 is 14.4 Å². The highest BCUT2D eigenvalue weighted by molar-refractivity contribution is 7.10. The first kappa shape index (κ1) is 9.24. The number of ether oxygens (including phenoxy) is 2. The summed E-state index contributed by atoms with van der Waals surface area (Å²) in [6.45, 7) is 3.48. The molecule has 0 amide bonds. The van der Waals surface area contributed by atoms with Gasteiger partial charge in [0.2, 0.25) is 0 Å². The Morgan fingerprint density at radius 3 is 3.00 bits per heavy atom. The van der Waals surface area contributed by atoms with E-state index in [1.54, 1.807) is 11.3 Å². The zero-order valence-corrected chi connectivity index (χ0v) is 9.26. The van der Waals surface area contributed by atoms with Crippen LogP contribution in [0.3, 0.4) is 0 Å². The van der Waals surface area contributed by atoms with E-state index in [1.165, 1.54) is 4.88 Å². The molecule has 0 unspecified atom stereocenters. The standard InChI is InChI=1S/C11H13NO2S/c1-2-11(12-4-6-13-7-5-12)14-9-3-8-15-10(1)9/h2-3,8H,1,4-7H2. The van der Waals surface area contributed by atoms with E-state index >= 15 is 0 Å². The molecule has 1 saturated heterocycles. The molecule has 2 aliphatic heterocycles. The largest absolute Gasteiger partial charge is 0.440 e. The molecule has 0 spiro atoms. The molecule has 0 atom stereocenters. The molecule has 0 aromatic carbocycles. The average molecular weight is 223 g/mol. The fraction of sp³-hybridized carbons (Fsp3) is 0.455. The van der Waals surface area contributed by atoms with Gasteiger partial charge in [0.25, 0.3) is 0 Å². The molecule has 1 aromatic heterocycles. The molecule has 3 nitrogen and oxygen atoms in total. The maximum Gasteiger partial charge on any atom is 0.192 e. The SMILES string of the molecule is C1=C(N2CCOCC2)Oc2ccsc2C1. The highest BCUT2D eigenvalue weighted by Gasteiger charge is 2.20. The first-order valence-electron chi connectivity index (χ1n) is 5.20. The maximum absolute atomic E-state index is 5.85. The molecule has 3 rings (SSSR count). The highest BCUT2D eigenvalue weighted by Crippen LogP contribution is 2.31. The molecule has 15 heavy (non-hydrogen) atoms. The molecule has 1 fully saturated rings. The Bertz CT molecular complexity index is 380. The van der Waals surface area contributed by atoms with Crippen LogP contribution in [0.1, 0.15) is 4.88 Å². The summed E-state index contributed by atoms with van der Waals surface area (Å²) in [5.41, 5.74) is 0. The fourth-order valence-electron chi connectivity index (χ4n) is 1.88. The monoisotopic (exact) mass is 223 g/mol. The van der Waals surface area contributed by atoms with Crippen LogP contribution in [0.2, 0.25) is 0 Å². The molecule has 0 saturated carbocycles. The van der Waals surface area contributed by atoms with Crippen molar-refractivity contribution in [2.75, 3.05) is 26.3 Å². The smallest absolute Gasteiger partial charge is 0.192 e. The van der Waals surface area contributed by atoms with Crippen LogP contribution in [0.25, 0.3) is 0 Å². The predicted molar refractivity (Wildman–Crippen MR) is 59.1 cm³/mol. The predicted octanol–water partition coefficient (Wildman–Crippen LogP) is 1.86. The van der Waals surface area contributed by atoms with Gasteiger partial charge in [-0.25, -0.2) is 0 Å². The van der Waals surface area contributed by atoms with Gasteiger partial charge in [0.05, 0.1) is 18.1 Å². The molecule has 3 heterocycles. The number of hydrogen-bond donors (Lipinski definition) is 0. The van der Waals surface area contributed by atoms with Crippen molar-refractivity contribution >= 4 is 11.3 Å². The van der Waals surface area contributed by atoms with Crippen molar-refractivity contribution in [2.24, 2.45) is 0 Å².